The highest BCUT2D eigenvalue weighted by molar-refractivity contribution is 5.86. The van der Waals surface area contributed by atoms with Gasteiger partial charge in [-0.2, -0.15) is 0 Å². The van der Waals surface area contributed by atoms with Crippen molar-refractivity contribution in [2.75, 3.05) is 26.3 Å². The standard InChI is InChI=1S/C11H20N2O3/c1-10(3-2-5-13-10)9(14)12-7-11(15)4-6-16-8-11/h13,15H,2-8H2,1H3,(H,12,14). The zero-order chi connectivity index (χ0) is 11.6. The minimum atomic E-state index is -0.870. The molecule has 0 aromatic rings. The van der Waals surface area contributed by atoms with Crippen molar-refractivity contribution in [2.45, 2.75) is 37.3 Å². The third kappa shape index (κ3) is 2.36. The van der Waals surface area contributed by atoms with Gasteiger partial charge in [0.15, 0.2) is 0 Å². The summed E-state index contributed by atoms with van der Waals surface area (Å²) in [5.41, 5.74) is -1.33. The highest BCUT2D eigenvalue weighted by atomic mass is 16.5. The van der Waals surface area contributed by atoms with E-state index in [4.69, 9.17) is 4.74 Å². The Morgan fingerprint density at radius 2 is 2.38 bits per heavy atom. The number of nitrogens with one attached hydrogen (secondary N) is 2. The van der Waals surface area contributed by atoms with Crippen LogP contribution in [0.5, 0.6) is 0 Å². The average molecular weight is 228 g/mol. The SMILES string of the molecule is CC1(C(=O)NCC2(O)CCOC2)CCCN1. The third-order valence-electron chi connectivity index (χ3n) is 3.53. The molecule has 0 spiro atoms. The number of hydrogen-bond donors (Lipinski definition) is 3. The second-order valence-corrected chi connectivity index (χ2v) is 5.07. The Morgan fingerprint density at radius 3 is 2.94 bits per heavy atom. The molecule has 0 bridgehead atoms. The monoisotopic (exact) mass is 228 g/mol. The molecule has 5 nitrogen and oxygen atoms in total. The van der Waals surface area contributed by atoms with Crippen LogP contribution >= 0.6 is 0 Å². The van der Waals surface area contributed by atoms with Crippen LogP contribution in [0, 0.1) is 0 Å². The van der Waals surface area contributed by atoms with Crippen molar-refractivity contribution in [3.8, 4) is 0 Å². The van der Waals surface area contributed by atoms with Crippen molar-refractivity contribution in [3.05, 3.63) is 0 Å². The molecule has 92 valence electrons. The van der Waals surface area contributed by atoms with Crippen LogP contribution in [0.25, 0.3) is 0 Å². The van der Waals surface area contributed by atoms with Crippen molar-refractivity contribution < 1.29 is 14.6 Å². The van der Waals surface area contributed by atoms with Gasteiger partial charge < -0.3 is 20.5 Å². The molecule has 0 aliphatic carbocycles. The van der Waals surface area contributed by atoms with Crippen LogP contribution in [-0.4, -0.2) is 48.5 Å². The molecule has 2 unspecified atom stereocenters. The van der Waals surface area contributed by atoms with E-state index in [9.17, 15) is 9.90 Å². The molecule has 2 fully saturated rings. The summed E-state index contributed by atoms with van der Waals surface area (Å²) in [7, 11) is 0. The van der Waals surface area contributed by atoms with Crippen LogP contribution in [0.1, 0.15) is 26.2 Å². The molecular weight excluding hydrogens is 208 g/mol. The second kappa shape index (κ2) is 4.31. The fourth-order valence-electron chi connectivity index (χ4n) is 2.26. The summed E-state index contributed by atoms with van der Waals surface area (Å²) >= 11 is 0. The van der Waals surface area contributed by atoms with E-state index < -0.39 is 11.1 Å². The summed E-state index contributed by atoms with van der Waals surface area (Å²) in [4.78, 5) is 11.9. The normalized spacial score (nSPS) is 38.9. The molecule has 2 aliphatic rings. The van der Waals surface area contributed by atoms with Crippen molar-refractivity contribution in [1.82, 2.24) is 10.6 Å². The molecule has 2 aliphatic heterocycles. The number of ether oxygens (including phenoxy) is 1. The van der Waals surface area contributed by atoms with E-state index in [1.165, 1.54) is 0 Å². The molecule has 0 radical (unpaired) electrons. The number of hydrogen-bond acceptors (Lipinski definition) is 4. The van der Waals surface area contributed by atoms with Crippen LogP contribution in [0.15, 0.2) is 0 Å². The topological polar surface area (TPSA) is 70.6 Å². The Hall–Kier alpha value is -0.650. The molecule has 2 saturated heterocycles. The molecular formula is C11H20N2O3. The first kappa shape index (κ1) is 11.8. The maximum absolute atomic E-state index is 11.9. The third-order valence-corrected chi connectivity index (χ3v) is 3.53. The van der Waals surface area contributed by atoms with Gasteiger partial charge in [0.05, 0.1) is 12.1 Å². The van der Waals surface area contributed by atoms with Crippen molar-refractivity contribution in [1.29, 1.82) is 0 Å². The van der Waals surface area contributed by atoms with Gasteiger partial charge in [0.1, 0.15) is 5.60 Å². The number of rotatable bonds is 3. The fourth-order valence-corrected chi connectivity index (χ4v) is 2.26. The van der Waals surface area contributed by atoms with E-state index >= 15 is 0 Å². The summed E-state index contributed by atoms with van der Waals surface area (Å²) in [6.07, 6.45) is 2.47. The first-order chi connectivity index (χ1) is 7.54. The van der Waals surface area contributed by atoms with Gasteiger partial charge in [0.25, 0.3) is 0 Å². The zero-order valence-corrected chi connectivity index (χ0v) is 9.71. The number of aliphatic hydroxyl groups is 1. The Morgan fingerprint density at radius 1 is 1.56 bits per heavy atom. The quantitative estimate of drug-likeness (QED) is 0.603. The van der Waals surface area contributed by atoms with Gasteiger partial charge in [-0.1, -0.05) is 0 Å². The zero-order valence-electron chi connectivity index (χ0n) is 9.71. The van der Waals surface area contributed by atoms with Crippen LogP contribution in [0.2, 0.25) is 0 Å². The molecule has 2 atom stereocenters. The van der Waals surface area contributed by atoms with Crippen molar-refractivity contribution >= 4 is 5.91 Å². The van der Waals surface area contributed by atoms with Gasteiger partial charge in [-0.15, -0.1) is 0 Å². The fraction of sp³-hybridized carbons (Fsp3) is 0.909. The Kier molecular flexibility index (Phi) is 3.19. The van der Waals surface area contributed by atoms with E-state index in [1.807, 2.05) is 6.92 Å². The highest BCUT2D eigenvalue weighted by Gasteiger charge is 2.38. The van der Waals surface area contributed by atoms with Crippen molar-refractivity contribution in [3.63, 3.8) is 0 Å². The van der Waals surface area contributed by atoms with Crippen LogP contribution < -0.4 is 10.6 Å². The summed E-state index contributed by atoms with van der Waals surface area (Å²) in [6, 6.07) is 0. The Balaban J connectivity index is 1.83. The maximum atomic E-state index is 11.9. The van der Waals surface area contributed by atoms with E-state index in [0.717, 1.165) is 19.4 Å². The summed E-state index contributed by atoms with van der Waals surface area (Å²) in [6.45, 7) is 3.96. The van der Waals surface area contributed by atoms with E-state index in [1.54, 1.807) is 0 Å². The summed E-state index contributed by atoms with van der Waals surface area (Å²) in [5, 5.41) is 16.0. The van der Waals surface area contributed by atoms with Gasteiger partial charge in [-0.3, -0.25) is 4.79 Å². The lowest BCUT2D eigenvalue weighted by Crippen LogP contribution is -2.54. The van der Waals surface area contributed by atoms with Gasteiger partial charge >= 0.3 is 0 Å². The lowest BCUT2D eigenvalue weighted by Gasteiger charge is -2.26. The van der Waals surface area contributed by atoms with Crippen LogP contribution in [0.3, 0.4) is 0 Å². The summed E-state index contributed by atoms with van der Waals surface area (Å²) in [5.74, 6) is -0.0228. The second-order valence-electron chi connectivity index (χ2n) is 5.07. The minimum Gasteiger partial charge on any atom is -0.386 e. The molecule has 1 amide bonds. The number of carbonyl (C=O) groups is 1. The average Bonchev–Trinajstić information content (AvgIpc) is 2.86. The number of amides is 1. The van der Waals surface area contributed by atoms with Gasteiger partial charge in [0.2, 0.25) is 5.91 Å². The highest BCUT2D eigenvalue weighted by Crippen LogP contribution is 2.20. The molecule has 3 N–H and O–H groups in total. The lowest BCUT2D eigenvalue weighted by atomic mass is 9.98. The van der Waals surface area contributed by atoms with E-state index in [2.05, 4.69) is 10.6 Å². The van der Waals surface area contributed by atoms with Gasteiger partial charge in [0, 0.05) is 19.6 Å². The molecule has 0 aromatic heterocycles. The largest absolute Gasteiger partial charge is 0.386 e. The predicted octanol–water partition coefficient (Wildman–Crippen LogP) is -0.604. The van der Waals surface area contributed by atoms with Crippen LogP contribution in [0.4, 0.5) is 0 Å². The Labute approximate surface area is 95.5 Å². The molecule has 16 heavy (non-hydrogen) atoms. The van der Waals surface area contributed by atoms with Gasteiger partial charge in [-0.05, 0) is 26.3 Å². The van der Waals surface area contributed by atoms with E-state index in [0.29, 0.717) is 19.6 Å². The first-order valence-corrected chi connectivity index (χ1v) is 5.88. The van der Waals surface area contributed by atoms with Gasteiger partial charge in [-0.25, -0.2) is 0 Å². The molecule has 2 rings (SSSR count). The Bertz CT molecular complexity index is 268. The first-order valence-electron chi connectivity index (χ1n) is 5.88. The van der Waals surface area contributed by atoms with Crippen molar-refractivity contribution in [2.24, 2.45) is 0 Å². The van der Waals surface area contributed by atoms with E-state index in [-0.39, 0.29) is 12.5 Å². The lowest BCUT2D eigenvalue weighted by molar-refractivity contribution is -0.127. The molecule has 0 aromatic carbocycles. The molecule has 0 saturated carbocycles. The molecule has 5 heteroatoms. The summed E-state index contributed by atoms with van der Waals surface area (Å²) < 4.78 is 5.13. The predicted molar refractivity (Wildman–Crippen MR) is 59.0 cm³/mol. The minimum absolute atomic E-state index is 0.0228. The number of carbonyl (C=O) groups excluding carboxylic acids is 1. The smallest absolute Gasteiger partial charge is 0.240 e. The van der Waals surface area contributed by atoms with Crippen LogP contribution in [-0.2, 0) is 9.53 Å². The molecule has 2 heterocycles. The maximum Gasteiger partial charge on any atom is 0.240 e.